The Kier molecular flexibility index (Phi) is 5.57. The summed E-state index contributed by atoms with van der Waals surface area (Å²) < 4.78 is 0. The van der Waals surface area contributed by atoms with E-state index < -0.39 is 0 Å². The molecule has 0 bridgehead atoms. The number of carbonyl (C=O) groups is 1. The molecule has 0 atom stereocenters. The highest BCUT2D eigenvalue weighted by molar-refractivity contribution is 6.01. The van der Waals surface area contributed by atoms with Crippen LogP contribution in [0, 0.1) is 0 Å². The third-order valence-electron chi connectivity index (χ3n) is 4.17. The summed E-state index contributed by atoms with van der Waals surface area (Å²) in [6.07, 6.45) is 2.09. The van der Waals surface area contributed by atoms with E-state index in [0.29, 0.717) is 0 Å². The molecule has 1 heterocycles. The minimum absolute atomic E-state index is 0.178. The molecule has 0 fully saturated rings. The molecule has 0 saturated carbocycles. The Hall–Kier alpha value is -1.61. The van der Waals surface area contributed by atoms with Crippen LogP contribution in [-0.2, 0) is 4.79 Å². The maximum absolute atomic E-state index is 12.7. The quantitative estimate of drug-likeness (QED) is 0.830. The molecule has 3 heteroatoms. The van der Waals surface area contributed by atoms with Gasteiger partial charge in [0.25, 0.3) is 5.91 Å². The Balaban J connectivity index is 2.36. The molecule has 114 valence electrons. The van der Waals surface area contributed by atoms with Crippen molar-refractivity contribution in [2.24, 2.45) is 0 Å². The van der Waals surface area contributed by atoms with E-state index in [0.717, 1.165) is 44.6 Å². The normalized spacial score (nSPS) is 16.1. The summed E-state index contributed by atoms with van der Waals surface area (Å²) in [6, 6.07) is 10.3. The van der Waals surface area contributed by atoms with E-state index in [4.69, 9.17) is 0 Å². The van der Waals surface area contributed by atoms with Gasteiger partial charge in [-0.3, -0.25) is 9.69 Å². The zero-order valence-corrected chi connectivity index (χ0v) is 13.4. The molecule has 0 spiro atoms. The van der Waals surface area contributed by atoms with Crippen LogP contribution in [0.3, 0.4) is 0 Å². The second-order valence-electron chi connectivity index (χ2n) is 5.67. The van der Waals surface area contributed by atoms with Crippen molar-refractivity contribution < 1.29 is 4.79 Å². The van der Waals surface area contributed by atoms with E-state index in [2.05, 4.69) is 24.0 Å². The van der Waals surface area contributed by atoms with Crippen molar-refractivity contribution >= 4 is 11.5 Å². The highest BCUT2D eigenvalue weighted by Crippen LogP contribution is 2.28. The molecule has 3 nitrogen and oxygen atoms in total. The largest absolute Gasteiger partial charge is 0.342 e. The number of nitrogens with zero attached hydrogens (tertiary/aromatic N) is 2. The van der Waals surface area contributed by atoms with Gasteiger partial charge in [0.15, 0.2) is 0 Å². The Labute approximate surface area is 128 Å². The molecule has 1 aliphatic rings. The van der Waals surface area contributed by atoms with Crippen LogP contribution < -0.4 is 0 Å². The highest BCUT2D eigenvalue weighted by atomic mass is 16.2. The fourth-order valence-electron chi connectivity index (χ4n) is 2.85. The second kappa shape index (κ2) is 7.41. The van der Waals surface area contributed by atoms with Gasteiger partial charge < -0.3 is 4.90 Å². The van der Waals surface area contributed by atoms with Crippen molar-refractivity contribution in [3.8, 4) is 0 Å². The van der Waals surface area contributed by atoms with E-state index in [9.17, 15) is 4.79 Å². The summed E-state index contributed by atoms with van der Waals surface area (Å²) in [5.74, 6) is 0.178. The fourth-order valence-corrected chi connectivity index (χ4v) is 2.85. The Morgan fingerprint density at radius 3 is 2.57 bits per heavy atom. The van der Waals surface area contributed by atoms with Gasteiger partial charge in [-0.15, -0.1) is 0 Å². The van der Waals surface area contributed by atoms with Gasteiger partial charge in [-0.1, -0.05) is 37.3 Å². The molecule has 21 heavy (non-hydrogen) atoms. The van der Waals surface area contributed by atoms with Crippen molar-refractivity contribution in [1.29, 1.82) is 0 Å². The summed E-state index contributed by atoms with van der Waals surface area (Å²) in [5.41, 5.74) is 3.40. The zero-order chi connectivity index (χ0) is 15.2. The molecule has 0 aliphatic carbocycles. The SMILES string of the molecule is CCCN1CCC(c2ccccc2)=C(C(=O)N(C)CC)C1. The number of benzene rings is 1. The molecule has 1 aliphatic heterocycles. The molecule has 0 aromatic heterocycles. The van der Waals surface area contributed by atoms with Crippen LogP contribution in [0.5, 0.6) is 0 Å². The minimum atomic E-state index is 0.178. The van der Waals surface area contributed by atoms with E-state index in [1.54, 1.807) is 0 Å². The number of hydrogen-bond acceptors (Lipinski definition) is 2. The zero-order valence-electron chi connectivity index (χ0n) is 13.4. The molecule has 0 saturated heterocycles. The maximum atomic E-state index is 12.7. The molecule has 0 unspecified atom stereocenters. The Morgan fingerprint density at radius 2 is 1.95 bits per heavy atom. The summed E-state index contributed by atoms with van der Waals surface area (Å²) in [6.45, 7) is 7.85. The molecule has 1 amide bonds. The van der Waals surface area contributed by atoms with Crippen molar-refractivity contribution in [2.75, 3.05) is 33.2 Å². The fraction of sp³-hybridized carbons (Fsp3) is 0.500. The number of hydrogen-bond donors (Lipinski definition) is 0. The second-order valence-corrected chi connectivity index (χ2v) is 5.67. The first-order valence-electron chi connectivity index (χ1n) is 7.92. The van der Waals surface area contributed by atoms with Crippen molar-refractivity contribution in [3.05, 3.63) is 41.5 Å². The van der Waals surface area contributed by atoms with Crippen LogP contribution in [0.2, 0.25) is 0 Å². The molecule has 0 N–H and O–H groups in total. The minimum Gasteiger partial charge on any atom is -0.342 e. The van der Waals surface area contributed by atoms with Gasteiger partial charge in [0.2, 0.25) is 0 Å². The smallest absolute Gasteiger partial charge is 0.251 e. The Morgan fingerprint density at radius 1 is 1.24 bits per heavy atom. The summed E-state index contributed by atoms with van der Waals surface area (Å²) in [7, 11) is 1.89. The van der Waals surface area contributed by atoms with Crippen molar-refractivity contribution in [3.63, 3.8) is 0 Å². The molecule has 1 aromatic rings. The van der Waals surface area contributed by atoms with E-state index in [1.165, 1.54) is 11.1 Å². The lowest BCUT2D eigenvalue weighted by atomic mass is 9.92. The monoisotopic (exact) mass is 286 g/mol. The molecule has 1 aromatic carbocycles. The van der Waals surface area contributed by atoms with Gasteiger partial charge in [-0.2, -0.15) is 0 Å². The van der Waals surface area contributed by atoms with Gasteiger partial charge >= 0.3 is 0 Å². The topological polar surface area (TPSA) is 23.6 Å². The third-order valence-corrected chi connectivity index (χ3v) is 4.17. The van der Waals surface area contributed by atoms with Crippen LogP contribution in [0.15, 0.2) is 35.9 Å². The molecule has 2 rings (SSSR count). The van der Waals surface area contributed by atoms with Crippen LogP contribution in [0.4, 0.5) is 0 Å². The van der Waals surface area contributed by atoms with Gasteiger partial charge in [-0.25, -0.2) is 0 Å². The van der Waals surface area contributed by atoms with Gasteiger partial charge in [0.1, 0.15) is 0 Å². The lowest BCUT2D eigenvalue weighted by Crippen LogP contribution is -2.38. The molecular weight excluding hydrogens is 260 g/mol. The van der Waals surface area contributed by atoms with E-state index in [-0.39, 0.29) is 5.91 Å². The lowest BCUT2D eigenvalue weighted by molar-refractivity contribution is -0.126. The summed E-state index contributed by atoms with van der Waals surface area (Å²) >= 11 is 0. The van der Waals surface area contributed by atoms with Gasteiger partial charge in [0.05, 0.1) is 0 Å². The summed E-state index contributed by atoms with van der Waals surface area (Å²) in [4.78, 5) is 16.9. The predicted molar refractivity (Wildman–Crippen MR) is 88.0 cm³/mol. The first-order chi connectivity index (χ1) is 10.2. The lowest BCUT2D eigenvalue weighted by Gasteiger charge is -2.32. The maximum Gasteiger partial charge on any atom is 0.251 e. The molecular formula is C18H26N2O. The highest BCUT2D eigenvalue weighted by Gasteiger charge is 2.25. The number of amides is 1. The van der Waals surface area contributed by atoms with Crippen LogP contribution >= 0.6 is 0 Å². The number of likely N-dealkylation sites (N-methyl/N-ethyl adjacent to an activating group) is 1. The first kappa shape index (κ1) is 15.8. The standard InChI is InChI=1S/C18H26N2O/c1-4-12-20-13-11-16(15-9-7-6-8-10-15)17(14-20)18(21)19(3)5-2/h6-10H,4-5,11-14H2,1-3H3. The van der Waals surface area contributed by atoms with Crippen LogP contribution in [0.25, 0.3) is 5.57 Å². The number of rotatable bonds is 5. The average molecular weight is 286 g/mol. The van der Waals surface area contributed by atoms with Crippen molar-refractivity contribution in [2.45, 2.75) is 26.7 Å². The Bertz CT molecular complexity index is 507. The van der Waals surface area contributed by atoms with Gasteiger partial charge in [0, 0.05) is 32.3 Å². The van der Waals surface area contributed by atoms with E-state index in [1.807, 2.05) is 37.1 Å². The van der Waals surface area contributed by atoms with Crippen LogP contribution in [-0.4, -0.2) is 48.9 Å². The van der Waals surface area contributed by atoms with Crippen molar-refractivity contribution in [1.82, 2.24) is 9.80 Å². The summed E-state index contributed by atoms with van der Waals surface area (Å²) in [5, 5.41) is 0. The first-order valence-corrected chi connectivity index (χ1v) is 7.92. The molecule has 0 radical (unpaired) electrons. The third kappa shape index (κ3) is 3.73. The van der Waals surface area contributed by atoms with E-state index >= 15 is 0 Å². The predicted octanol–water partition coefficient (Wildman–Crippen LogP) is 3.03. The van der Waals surface area contributed by atoms with Gasteiger partial charge in [-0.05, 0) is 37.4 Å². The van der Waals surface area contributed by atoms with Crippen LogP contribution in [0.1, 0.15) is 32.3 Å². The average Bonchev–Trinajstić information content (AvgIpc) is 2.54. The number of carbonyl (C=O) groups excluding carboxylic acids is 1.